The molecule has 0 aromatic carbocycles. The predicted octanol–water partition coefficient (Wildman–Crippen LogP) is 2.15. The molecule has 0 radical (unpaired) electrons. The molecular formula is C13H19NO. The molecule has 2 fully saturated rings. The van der Waals surface area contributed by atoms with Gasteiger partial charge in [-0.05, 0) is 31.6 Å². The van der Waals surface area contributed by atoms with Crippen molar-refractivity contribution in [3.8, 4) is 0 Å². The van der Waals surface area contributed by atoms with E-state index in [1.54, 1.807) is 0 Å². The average Bonchev–Trinajstić information content (AvgIpc) is 2.28. The first-order valence-corrected chi connectivity index (χ1v) is 6.29. The minimum atomic E-state index is 0.487. The molecule has 1 aliphatic carbocycles. The van der Waals surface area contributed by atoms with Gasteiger partial charge in [-0.3, -0.25) is 9.69 Å². The maximum Gasteiger partial charge on any atom is 0.135 e. The molecule has 15 heavy (non-hydrogen) atoms. The quantitative estimate of drug-likeness (QED) is 0.565. The summed E-state index contributed by atoms with van der Waals surface area (Å²) in [6.45, 7) is 1.03. The number of rotatable bonds is 0. The van der Waals surface area contributed by atoms with Crippen LogP contribution in [0.1, 0.15) is 38.5 Å². The average molecular weight is 205 g/mol. The van der Waals surface area contributed by atoms with E-state index in [1.165, 1.54) is 25.7 Å². The Morgan fingerprint density at radius 1 is 1.27 bits per heavy atom. The summed E-state index contributed by atoms with van der Waals surface area (Å²) in [5.41, 5.74) is 0. The predicted molar refractivity (Wildman–Crippen MR) is 59.6 cm³/mol. The zero-order chi connectivity index (χ0) is 10.3. The van der Waals surface area contributed by atoms with Crippen molar-refractivity contribution in [2.45, 2.75) is 50.6 Å². The Hall–Kier alpha value is -0.630. The van der Waals surface area contributed by atoms with Gasteiger partial charge in [0.05, 0.1) is 0 Å². The standard InChI is InChI=1S/C13H19NO/c15-12-7-8-14-11(9-12)6-5-10-3-1-2-4-13(10)14/h1,3,10-11,13H,2,4-9H2. The molecule has 0 amide bonds. The molecule has 0 aromatic heterocycles. The molecule has 2 nitrogen and oxygen atoms in total. The van der Waals surface area contributed by atoms with Crippen molar-refractivity contribution >= 4 is 5.78 Å². The summed E-state index contributed by atoms with van der Waals surface area (Å²) in [4.78, 5) is 14.1. The molecule has 82 valence electrons. The van der Waals surface area contributed by atoms with Crippen molar-refractivity contribution in [1.29, 1.82) is 0 Å². The molecule has 2 saturated heterocycles. The molecule has 2 aliphatic heterocycles. The van der Waals surface area contributed by atoms with E-state index in [-0.39, 0.29) is 0 Å². The van der Waals surface area contributed by atoms with Gasteiger partial charge >= 0.3 is 0 Å². The SMILES string of the molecule is O=C1CCN2C(CCC3C=CCCC32)C1. The third-order valence-corrected chi connectivity index (χ3v) is 4.35. The largest absolute Gasteiger partial charge is 0.300 e. The van der Waals surface area contributed by atoms with Gasteiger partial charge in [-0.25, -0.2) is 0 Å². The smallest absolute Gasteiger partial charge is 0.135 e. The summed E-state index contributed by atoms with van der Waals surface area (Å²) < 4.78 is 0. The van der Waals surface area contributed by atoms with Crippen LogP contribution in [0.4, 0.5) is 0 Å². The lowest BCUT2D eigenvalue weighted by Gasteiger charge is -2.48. The first-order chi connectivity index (χ1) is 7.34. The molecule has 3 rings (SSSR count). The van der Waals surface area contributed by atoms with Crippen LogP contribution >= 0.6 is 0 Å². The van der Waals surface area contributed by atoms with Crippen molar-refractivity contribution in [3.05, 3.63) is 12.2 Å². The van der Waals surface area contributed by atoms with Crippen molar-refractivity contribution in [2.24, 2.45) is 5.92 Å². The minimum Gasteiger partial charge on any atom is -0.300 e. The highest BCUT2D eigenvalue weighted by Crippen LogP contribution is 2.37. The van der Waals surface area contributed by atoms with Crippen molar-refractivity contribution < 1.29 is 4.79 Å². The Labute approximate surface area is 91.3 Å². The minimum absolute atomic E-state index is 0.487. The highest BCUT2D eigenvalue weighted by atomic mass is 16.1. The highest BCUT2D eigenvalue weighted by Gasteiger charge is 2.39. The van der Waals surface area contributed by atoms with Crippen LogP contribution in [0.3, 0.4) is 0 Å². The summed E-state index contributed by atoms with van der Waals surface area (Å²) in [7, 11) is 0. The van der Waals surface area contributed by atoms with Crippen LogP contribution in [0.2, 0.25) is 0 Å². The van der Waals surface area contributed by atoms with Crippen LogP contribution < -0.4 is 0 Å². The zero-order valence-corrected chi connectivity index (χ0v) is 9.19. The van der Waals surface area contributed by atoms with Gasteiger partial charge in [0.1, 0.15) is 5.78 Å². The molecule has 0 N–H and O–H groups in total. The van der Waals surface area contributed by atoms with Crippen LogP contribution in [0.25, 0.3) is 0 Å². The van der Waals surface area contributed by atoms with Crippen molar-refractivity contribution in [2.75, 3.05) is 6.54 Å². The molecule has 3 aliphatic rings. The second-order valence-electron chi connectivity index (χ2n) is 5.20. The van der Waals surface area contributed by atoms with Gasteiger partial charge in [-0.1, -0.05) is 12.2 Å². The third-order valence-electron chi connectivity index (χ3n) is 4.35. The zero-order valence-electron chi connectivity index (χ0n) is 9.19. The van der Waals surface area contributed by atoms with E-state index in [9.17, 15) is 4.79 Å². The second-order valence-corrected chi connectivity index (χ2v) is 5.20. The van der Waals surface area contributed by atoms with Crippen molar-refractivity contribution in [3.63, 3.8) is 0 Å². The fourth-order valence-corrected chi connectivity index (χ4v) is 3.59. The van der Waals surface area contributed by atoms with E-state index >= 15 is 0 Å². The molecule has 2 heterocycles. The molecular weight excluding hydrogens is 186 g/mol. The van der Waals surface area contributed by atoms with E-state index in [0.29, 0.717) is 11.8 Å². The van der Waals surface area contributed by atoms with Crippen LogP contribution in [-0.2, 0) is 4.79 Å². The number of carbonyl (C=O) groups is 1. The van der Waals surface area contributed by atoms with E-state index in [2.05, 4.69) is 17.1 Å². The van der Waals surface area contributed by atoms with Gasteiger partial charge in [0.25, 0.3) is 0 Å². The Kier molecular flexibility index (Phi) is 2.39. The monoisotopic (exact) mass is 205 g/mol. The van der Waals surface area contributed by atoms with Crippen LogP contribution in [0.15, 0.2) is 12.2 Å². The number of piperidine rings is 2. The fraction of sp³-hybridized carbons (Fsp3) is 0.769. The fourth-order valence-electron chi connectivity index (χ4n) is 3.59. The maximum atomic E-state index is 11.4. The number of ketones is 1. The molecule has 0 aromatic rings. The van der Waals surface area contributed by atoms with Crippen molar-refractivity contribution in [1.82, 2.24) is 4.90 Å². The van der Waals surface area contributed by atoms with Gasteiger partial charge in [0.2, 0.25) is 0 Å². The normalized spacial score (nSPS) is 41.1. The van der Waals surface area contributed by atoms with Gasteiger partial charge < -0.3 is 0 Å². The molecule has 0 spiro atoms. The first-order valence-electron chi connectivity index (χ1n) is 6.29. The molecule has 0 bridgehead atoms. The Balaban J connectivity index is 1.79. The van der Waals surface area contributed by atoms with Gasteiger partial charge in [-0.15, -0.1) is 0 Å². The summed E-state index contributed by atoms with van der Waals surface area (Å²) in [5.74, 6) is 1.27. The van der Waals surface area contributed by atoms with Crippen LogP contribution in [0.5, 0.6) is 0 Å². The summed E-state index contributed by atoms with van der Waals surface area (Å²) >= 11 is 0. The Morgan fingerprint density at radius 3 is 3.13 bits per heavy atom. The summed E-state index contributed by atoms with van der Waals surface area (Å²) in [6, 6.07) is 1.33. The Morgan fingerprint density at radius 2 is 2.20 bits per heavy atom. The van der Waals surface area contributed by atoms with E-state index in [0.717, 1.165) is 31.3 Å². The highest BCUT2D eigenvalue weighted by molar-refractivity contribution is 5.80. The number of Topliss-reactive ketones (excluding diaryl/α,β-unsaturated/α-hetero) is 1. The molecule has 3 unspecified atom stereocenters. The number of hydrogen-bond donors (Lipinski definition) is 0. The topological polar surface area (TPSA) is 20.3 Å². The number of allylic oxidation sites excluding steroid dienone is 1. The maximum absolute atomic E-state index is 11.4. The van der Waals surface area contributed by atoms with Gasteiger partial charge in [-0.2, -0.15) is 0 Å². The molecule has 3 atom stereocenters. The lowest BCUT2D eigenvalue weighted by molar-refractivity contribution is -0.125. The second kappa shape index (κ2) is 3.75. The number of carbonyl (C=O) groups excluding carboxylic acids is 1. The van der Waals surface area contributed by atoms with Crippen LogP contribution in [-0.4, -0.2) is 29.3 Å². The molecule has 2 heteroatoms. The lowest BCUT2D eigenvalue weighted by Crippen LogP contribution is -2.54. The van der Waals surface area contributed by atoms with E-state index < -0.39 is 0 Å². The van der Waals surface area contributed by atoms with E-state index in [4.69, 9.17) is 0 Å². The number of hydrogen-bond acceptors (Lipinski definition) is 2. The summed E-state index contributed by atoms with van der Waals surface area (Å²) in [5, 5.41) is 0. The van der Waals surface area contributed by atoms with E-state index in [1.807, 2.05) is 0 Å². The number of nitrogens with zero attached hydrogens (tertiary/aromatic N) is 1. The van der Waals surface area contributed by atoms with Gasteiger partial charge in [0.15, 0.2) is 0 Å². The van der Waals surface area contributed by atoms with Gasteiger partial charge in [0, 0.05) is 31.5 Å². The third kappa shape index (κ3) is 1.65. The molecule has 0 saturated carbocycles. The Bertz CT molecular complexity index is 297. The summed E-state index contributed by atoms with van der Waals surface area (Å²) in [6.07, 6.45) is 11.5. The number of fused-ring (bicyclic) bond motifs is 3. The van der Waals surface area contributed by atoms with Crippen LogP contribution in [0, 0.1) is 5.92 Å². The lowest BCUT2D eigenvalue weighted by atomic mass is 9.77. The first kappa shape index (κ1) is 9.59.